The van der Waals surface area contributed by atoms with Crippen molar-refractivity contribution in [2.45, 2.75) is 20.4 Å². The van der Waals surface area contributed by atoms with Gasteiger partial charge in [-0.3, -0.25) is 0 Å². The molecular weight excluding hydrogens is 258 g/mol. The summed E-state index contributed by atoms with van der Waals surface area (Å²) in [6, 6.07) is 8.16. The van der Waals surface area contributed by atoms with Crippen LogP contribution in [0.2, 0.25) is 5.15 Å². The third kappa shape index (κ3) is 2.34. The number of aromatic nitrogens is 3. The van der Waals surface area contributed by atoms with Gasteiger partial charge in [0.1, 0.15) is 5.15 Å². The molecule has 0 unspecified atom stereocenters. The van der Waals surface area contributed by atoms with Gasteiger partial charge in [-0.05, 0) is 54.8 Å². The van der Waals surface area contributed by atoms with Crippen molar-refractivity contribution in [2.75, 3.05) is 0 Å². The Morgan fingerprint density at radius 1 is 1.11 bits per heavy atom. The van der Waals surface area contributed by atoms with Crippen molar-refractivity contribution in [2.24, 2.45) is 0 Å². The zero-order valence-electron chi connectivity index (χ0n) is 10.9. The van der Waals surface area contributed by atoms with Crippen LogP contribution in [-0.2, 0) is 6.54 Å². The summed E-state index contributed by atoms with van der Waals surface area (Å²) >= 11 is 5.91. The molecule has 0 bridgehead atoms. The molecule has 0 radical (unpaired) electrons. The molecule has 0 atom stereocenters. The molecule has 4 heteroatoms. The summed E-state index contributed by atoms with van der Waals surface area (Å²) in [4.78, 5) is 8.45. The molecule has 3 rings (SSSR count). The summed E-state index contributed by atoms with van der Waals surface area (Å²) in [6.45, 7) is 4.98. The Kier molecular flexibility index (Phi) is 2.99. The zero-order chi connectivity index (χ0) is 13.4. The fourth-order valence-electron chi connectivity index (χ4n) is 2.18. The largest absolute Gasteiger partial charge is 0.326 e. The van der Waals surface area contributed by atoms with Gasteiger partial charge in [0.05, 0.1) is 17.4 Å². The molecule has 2 heterocycles. The molecule has 1 aromatic carbocycles. The highest BCUT2D eigenvalue weighted by Gasteiger charge is 2.06. The standard InChI is InChI=1S/C15H14ClN3/c1-10-5-13-14(6-11(10)2)19(9-18-13)8-12-3-4-17-15(16)7-12/h3-7,9H,8H2,1-2H3. The summed E-state index contributed by atoms with van der Waals surface area (Å²) in [5.74, 6) is 0. The lowest BCUT2D eigenvalue weighted by Crippen LogP contribution is -1.98. The van der Waals surface area contributed by atoms with Gasteiger partial charge in [-0.25, -0.2) is 9.97 Å². The molecule has 0 saturated heterocycles. The van der Waals surface area contributed by atoms with E-state index >= 15 is 0 Å². The molecule has 2 aromatic heterocycles. The molecule has 96 valence electrons. The summed E-state index contributed by atoms with van der Waals surface area (Å²) in [7, 11) is 0. The van der Waals surface area contributed by atoms with Crippen LogP contribution in [0.4, 0.5) is 0 Å². The van der Waals surface area contributed by atoms with Crippen LogP contribution in [0.15, 0.2) is 36.8 Å². The van der Waals surface area contributed by atoms with Crippen LogP contribution in [0.3, 0.4) is 0 Å². The molecule has 0 saturated carbocycles. The summed E-state index contributed by atoms with van der Waals surface area (Å²) in [6.07, 6.45) is 3.60. The Balaban J connectivity index is 2.04. The average Bonchev–Trinajstić information content (AvgIpc) is 2.73. The van der Waals surface area contributed by atoms with Crippen LogP contribution in [0.5, 0.6) is 0 Å². The Labute approximate surface area is 116 Å². The predicted octanol–water partition coefficient (Wildman–Crippen LogP) is 3.75. The highest BCUT2D eigenvalue weighted by Crippen LogP contribution is 2.19. The van der Waals surface area contributed by atoms with Crippen LogP contribution in [0.25, 0.3) is 11.0 Å². The first-order valence-electron chi connectivity index (χ1n) is 6.16. The first-order valence-corrected chi connectivity index (χ1v) is 6.54. The first-order chi connectivity index (χ1) is 9.13. The van der Waals surface area contributed by atoms with E-state index in [1.165, 1.54) is 11.1 Å². The van der Waals surface area contributed by atoms with Crippen LogP contribution < -0.4 is 0 Å². The normalized spacial score (nSPS) is 11.1. The number of aryl methyl sites for hydroxylation is 2. The van der Waals surface area contributed by atoms with Crippen molar-refractivity contribution in [3.8, 4) is 0 Å². The Morgan fingerprint density at radius 2 is 1.89 bits per heavy atom. The monoisotopic (exact) mass is 271 g/mol. The maximum Gasteiger partial charge on any atom is 0.129 e. The number of imidazole rings is 1. The molecule has 0 N–H and O–H groups in total. The van der Waals surface area contributed by atoms with E-state index in [1.807, 2.05) is 18.5 Å². The van der Waals surface area contributed by atoms with Gasteiger partial charge in [0.2, 0.25) is 0 Å². The first kappa shape index (κ1) is 12.2. The van der Waals surface area contributed by atoms with E-state index in [1.54, 1.807) is 6.20 Å². The number of halogens is 1. The average molecular weight is 272 g/mol. The molecular formula is C15H14ClN3. The molecule has 3 aromatic rings. The quantitative estimate of drug-likeness (QED) is 0.665. The lowest BCUT2D eigenvalue weighted by molar-refractivity contribution is 0.822. The van der Waals surface area contributed by atoms with Gasteiger partial charge in [-0.2, -0.15) is 0 Å². The number of pyridine rings is 1. The van der Waals surface area contributed by atoms with Crippen molar-refractivity contribution in [3.05, 3.63) is 58.6 Å². The number of hydrogen-bond donors (Lipinski definition) is 0. The Bertz CT molecular complexity index is 746. The minimum Gasteiger partial charge on any atom is -0.326 e. The smallest absolute Gasteiger partial charge is 0.129 e. The number of fused-ring (bicyclic) bond motifs is 1. The minimum atomic E-state index is 0.522. The van der Waals surface area contributed by atoms with Crippen molar-refractivity contribution in [1.29, 1.82) is 0 Å². The van der Waals surface area contributed by atoms with E-state index < -0.39 is 0 Å². The second kappa shape index (κ2) is 4.67. The van der Waals surface area contributed by atoms with E-state index in [9.17, 15) is 0 Å². The molecule has 0 aliphatic carbocycles. The predicted molar refractivity (Wildman–Crippen MR) is 77.6 cm³/mol. The molecule has 0 amide bonds. The third-order valence-corrected chi connectivity index (χ3v) is 3.59. The topological polar surface area (TPSA) is 30.7 Å². The third-order valence-electron chi connectivity index (χ3n) is 3.38. The van der Waals surface area contributed by atoms with Gasteiger partial charge in [0.15, 0.2) is 0 Å². The molecule has 19 heavy (non-hydrogen) atoms. The SMILES string of the molecule is Cc1cc2ncn(Cc3ccnc(Cl)c3)c2cc1C. The van der Waals surface area contributed by atoms with Gasteiger partial charge >= 0.3 is 0 Å². The highest BCUT2D eigenvalue weighted by atomic mass is 35.5. The second-order valence-electron chi connectivity index (χ2n) is 4.78. The van der Waals surface area contributed by atoms with Crippen molar-refractivity contribution in [3.63, 3.8) is 0 Å². The molecule has 3 nitrogen and oxygen atoms in total. The van der Waals surface area contributed by atoms with Gasteiger partial charge in [0, 0.05) is 12.7 Å². The van der Waals surface area contributed by atoms with Gasteiger partial charge in [-0.15, -0.1) is 0 Å². The van der Waals surface area contributed by atoms with Crippen LogP contribution >= 0.6 is 11.6 Å². The highest BCUT2D eigenvalue weighted by molar-refractivity contribution is 6.29. The second-order valence-corrected chi connectivity index (χ2v) is 5.17. The van der Waals surface area contributed by atoms with E-state index in [0.717, 1.165) is 23.1 Å². The molecule has 0 aliphatic rings. The summed E-state index contributed by atoms with van der Waals surface area (Å²) < 4.78 is 2.13. The minimum absolute atomic E-state index is 0.522. The lowest BCUT2D eigenvalue weighted by atomic mass is 10.1. The van der Waals surface area contributed by atoms with E-state index in [2.05, 4.69) is 40.5 Å². The lowest BCUT2D eigenvalue weighted by Gasteiger charge is -2.06. The van der Waals surface area contributed by atoms with Crippen molar-refractivity contribution in [1.82, 2.24) is 14.5 Å². The van der Waals surface area contributed by atoms with Gasteiger partial charge in [-0.1, -0.05) is 11.6 Å². The maximum absolute atomic E-state index is 5.91. The number of rotatable bonds is 2. The van der Waals surface area contributed by atoms with Crippen LogP contribution in [-0.4, -0.2) is 14.5 Å². The summed E-state index contributed by atoms with van der Waals surface area (Å²) in [5, 5.41) is 0.522. The molecule has 0 aliphatic heterocycles. The summed E-state index contributed by atoms with van der Waals surface area (Å²) in [5.41, 5.74) is 5.85. The van der Waals surface area contributed by atoms with E-state index in [4.69, 9.17) is 11.6 Å². The number of hydrogen-bond acceptors (Lipinski definition) is 2. The number of nitrogens with zero attached hydrogens (tertiary/aromatic N) is 3. The zero-order valence-corrected chi connectivity index (χ0v) is 11.6. The maximum atomic E-state index is 5.91. The van der Waals surface area contributed by atoms with E-state index in [0.29, 0.717) is 5.15 Å². The molecule has 0 fully saturated rings. The van der Waals surface area contributed by atoms with E-state index in [-0.39, 0.29) is 0 Å². The van der Waals surface area contributed by atoms with Crippen molar-refractivity contribution < 1.29 is 0 Å². The number of benzene rings is 1. The van der Waals surface area contributed by atoms with Gasteiger partial charge < -0.3 is 4.57 Å². The van der Waals surface area contributed by atoms with Crippen LogP contribution in [0, 0.1) is 13.8 Å². The fourth-order valence-corrected chi connectivity index (χ4v) is 2.37. The fraction of sp³-hybridized carbons (Fsp3) is 0.200. The van der Waals surface area contributed by atoms with Gasteiger partial charge in [0.25, 0.3) is 0 Å². The van der Waals surface area contributed by atoms with Crippen LogP contribution in [0.1, 0.15) is 16.7 Å². The van der Waals surface area contributed by atoms with Crippen molar-refractivity contribution >= 4 is 22.6 Å². The Hall–Kier alpha value is -1.87. The Morgan fingerprint density at radius 3 is 2.68 bits per heavy atom. The molecule has 0 spiro atoms.